The number of H-pyrrole nitrogens is 2. The summed E-state index contributed by atoms with van der Waals surface area (Å²) in [5.74, 6) is 0.202. The van der Waals surface area contributed by atoms with E-state index in [1.807, 2.05) is 24.4 Å². The van der Waals surface area contributed by atoms with Crippen LogP contribution in [0.2, 0.25) is 0 Å². The molecule has 3 rings (SSSR count). The normalized spacial score (nSPS) is 12.4. The van der Waals surface area contributed by atoms with Gasteiger partial charge in [0.2, 0.25) is 0 Å². The lowest BCUT2D eigenvalue weighted by molar-refractivity contribution is 0.670. The number of benzene rings is 1. The molecule has 0 aliphatic carbocycles. The van der Waals surface area contributed by atoms with Gasteiger partial charge in [0.1, 0.15) is 11.6 Å². The molecule has 1 unspecified atom stereocenters. The van der Waals surface area contributed by atoms with E-state index in [2.05, 4.69) is 27.3 Å². The molecule has 3 aromatic rings. The Hall–Kier alpha value is -2.78. The van der Waals surface area contributed by atoms with Crippen LogP contribution in [0.25, 0.3) is 10.9 Å². The zero-order valence-electron chi connectivity index (χ0n) is 11.4. The lowest BCUT2D eigenvalue weighted by Gasteiger charge is -2.12. The molecule has 106 valence electrons. The fourth-order valence-electron chi connectivity index (χ4n) is 2.65. The van der Waals surface area contributed by atoms with Crippen molar-refractivity contribution in [3.05, 3.63) is 47.3 Å². The number of nitrogen functional groups attached to an aromatic ring is 1. The predicted molar refractivity (Wildman–Crippen MR) is 81.5 cm³/mol. The lowest BCUT2D eigenvalue weighted by atomic mass is 9.94. The maximum atomic E-state index is 9.19. The molecule has 6 N–H and O–H groups in total. The van der Waals surface area contributed by atoms with Crippen molar-refractivity contribution in [2.45, 2.75) is 12.3 Å². The summed E-state index contributed by atoms with van der Waals surface area (Å²) in [7, 11) is 0. The van der Waals surface area contributed by atoms with Crippen molar-refractivity contribution >= 4 is 16.7 Å². The lowest BCUT2D eigenvalue weighted by Crippen LogP contribution is -2.16. The van der Waals surface area contributed by atoms with Gasteiger partial charge in [0.05, 0.1) is 5.69 Å². The standard InChI is InChI=1S/C15H16N6/c16-6-9(14-12(7-17)15(18)21-20-14)5-10-8-19-13-4-2-1-3-11(10)13/h1-4,8-9,19H,5-6,16H2,(H3,18,20,21). The molecule has 0 bridgehead atoms. The van der Waals surface area contributed by atoms with Gasteiger partial charge in [-0.2, -0.15) is 10.4 Å². The third-order valence-electron chi connectivity index (χ3n) is 3.77. The highest BCUT2D eigenvalue weighted by Gasteiger charge is 2.20. The van der Waals surface area contributed by atoms with Gasteiger partial charge in [-0.1, -0.05) is 18.2 Å². The smallest absolute Gasteiger partial charge is 0.163 e. The Morgan fingerprint density at radius 3 is 2.90 bits per heavy atom. The molecule has 0 amide bonds. The van der Waals surface area contributed by atoms with Crippen molar-refractivity contribution in [1.29, 1.82) is 5.26 Å². The Morgan fingerprint density at radius 2 is 2.14 bits per heavy atom. The van der Waals surface area contributed by atoms with Crippen molar-refractivity contribution in [3.8, 4) is 6.07 Å². The zero-order chi connectivity index (χ0) is 14.8. The number of fused-ring (bicyclic) bond motifs is 1. The maximum absolute atomic E-state index is 9.19. The highest BCUT2D eigenvalue weighted by atomic mass is 15.2. The molecule has 1 atom stereocenters. The zero-order valence-corrected chi connectivity index (χ0v) is 11.4. The molecule has 1 aromatic carbocycles. The van der Waals surface area contributed by atoms with Gasteiger partial charge in [0.25, 0.3) is 0 Å². The Labute approximate surface area is 121 Å². The molecule has 0 saturated heterocycles. The first-order valence-electron chi connectivity index (χ1n) is 6.73. The summed E-state index contributed by atoms with van der Waals surface area (Å²) in [4.78, 5) is 3.25. The molecule has 21 heavy (non-hydrogen) atoms. The number of hydrogen-bond acceptors (Lipinski definition) is 4. The van der Waals surface area contributed by atoms with E-state index < -0.39 is 0 Å². The molecule has 0 saturated carbocycles. The van der Waals surface area contributed by atoms with Gasteiger partial charge in [-0.25, -0.2) is 0 Å². The molecule has 2 heterocycles. The van der Waals surface area contributed by atoms with Gasteiger partial charge >= 0.3 is 0 Å². The van der Waals surface area contributed by atoms with Crippen LogP contribution in [0, 0.1) is 11.3 Å². The number of aromatic nitrogens is 3. The van der Waals surface area contributed by atoms with E-state index in [4.69, 9.17) is 11.5 Å². The summed E-state index contributed by atoms with van der Waals surface area (Å²) in [6, 6.07) is 10.2. The van der Waals surface area contributed by atoms with Crippen LogP contribution < -0.4 is 11.5 Å². The van der Waals surface area contributed by atoms with E-state index in [1.165, 1.54) is 5.39 Å². The first-order valence-corrected chi connectivity index (χ1v) is 6.73. The average molecular weight is 280 g/mol. The number of aromatic amines is 2. The topological polar surface area (TPSA) is 120 Å². The molecular formula is C15H16N6. The van der Waals surface area contributed by atoms with Crippen molar-refractivity contribution in [3.63, 3.8) is 0 Å². The summed E-state index contributed by atoms with van der Waals surface area (Å²) in [5, 5.41) is 17.1. The summed E-state index contributed by atoms with van der Waals surface area (Å²) in [6.45, 7) is 0.413. The third kappa shape index (κ3) is 2.24. The molecule has 6 nitrogen and oxygen atoms in total. The van der Waals surface area contributed by atoms with Crippen LogP contribution in [-0.4, -0.2) is 21.7 Å². The molecular weight excluding hydrogens is 264 g/mol. The maximum Gasteiger partial charge on any atom is 0.163 e. The Balaban J connectivity index is 1.96. The first kappa shape index (κ1) is 13.2. The second-order valence-corrected chi connectivity index (χ2v) is 5.01. The third-order valence-corrected chi connectivity index (χ3v) is 3.77. The number of nitrogens with one attached hydrogen (secondary N) is 2. The van der Waals surface area contributed by atoms with Crippen LogP contribution in [0.4, 0.5) is 5.82 Å². The number of anilines is 1. The molecule has 0 spiro atoms. The summed E-state index contributed by atoms with van der Waals surface area (Å²) in [6.07, 6.45) is 2.70. The number of para-hydroxylation sites is 1. The quantitative estimate of drug-likeness (QED) is 0.580. The van der Waals surface area contributed by atoms with Gasteiger partial charge < -0.3 is 16.5 Å². The Morgan fingerprint density at radius 1 is 1.33 bits per heavy atom. The van der Waals surface area contributed by atoms with E-state index in [0.717, 1.165) is 17.5 Å². The summed E-state index contributed by atoms with van der Waals surface area (Å²) >= 11 is 0. The molecule has 0 aliphatic rings. The van der Waals surface area contributed by atoms with Crippen LogP contribution in [0.15, 0.2) is 30.5 Å². The van der Waals surface area contributed by atoms with Gasteiger partial charge in [0.15, 0.2) is 5.82 Å². The fourth-order valence-corrected chi connectivity index (χ4v) is 2.65. The van der Waals surface area contributed by atoms with Crippen molar-refractivity contribution < 1.29 is 0 Å². The van der Waals surface area contributed by atoms with Crippen LogP contribution in [0.3, 0.4) is 0 Å². The van der Waals surface area contributed by atoms with Crippen molar-refractivity contribution in [2.24, 2.45) is 5.73 Å². The average Bonchev–Trinajstić information content (AvgIpc) is 3.08. The highest BCUT2D eigenvalue weighted by molar-refractivity contribution is 5.83. The van der Waals surface area contributed by atoms with Crippen LogP contribution >= 0.6 is 0 Å². The fraction of sp³-hybridized carbons (Fsp3) is 0.200. The van der Waals surface area contributed by atoms with Gasteiger partial charge in [0, 0.05) is 29.6 Å². The number of hydrogen-bond donors (Lipinski definition) is 4. The van der Waals surface area contributed by atoms with Gasteiger partial charge in [-0.05, 0) is 18.1 Å². The number of rotatable bonds is 4. The van der Waals surface area contributed by atoms with E-state index in [-0.39, 0.29) is 11.7 Å². The van der Waals surface area contributed by atoms with E-state index >= 15 is 0 Å². The SMILES string of the molecule is N#Cc1c(N)n[nH]c1C(CN)Cc1c[nH]c2ccccc12. The van der Waals surface area contributed by atoms with E-state index in [9.17, 15) is 5.26 Å². The highest BCUT2D eigenvalue weighted by Crippen LogP contribution is 2.27. The second-order valence-electron chi connectivity index (χ2n) is 5.01. The summed E-state index contributed by atoms with van der Waals surface area (Å²) in [5.41, 5.74) is 14.9. The van der Waals surface area contributed by atoms with Crippen molar-refractivity contribution in [2.75, 3.05) is 12.3 Å². The molecule has 0 radical (unpaired) electrons. The second kappa shape index (κ2) is 5.31. The minimum absolute atomic E-state index is 0.0244. The summed E-state index contributed by atoms with van der Waals surface area (Å²) < 4.78 is 0. The predicted octanol–water partition coefficient (Wildman–Crippen LogP) is 1.63. The minimum atomic E-state index is -0.0244. The van der Waals surface area contributed by atoms with Crippen LogP contribution in [0.1, 0.15) is 22.7 Å². The minimum Gasteiger partial charge on any atom is -0.381 e. The van der Waals surface area contributed by atoms with E-state index in [1.54, 1.807) is 0 Å². The molecule has 2 aromatic heterocycles. The Bertz CT molecular complexity index is 807. The molecule has 0 fully saturated rings. The number of nitriles is 1. The van der Waals surface area contributed by atoms with Crippen LogP contribution in [0.5, 0.6) is 0 Å². The number of nitrogens with zero attached hydrogens (tertiary/aromatic N) is 2. The van der Waals surface area contributed by atoms with Crippen molar-refractivity contribution in [1.82, 2.24) is 15.2 Å². The van der Waals surface area contributed by atoms with E-state index in [0.29, 0.717) is 17.8 Å². The van der Waals surface area contributed by atoms with Gasteiger partial charge in [-0.15, -0.1) is 0 Å². The first-order chi connectivity index (χ1) is 10.2. The number of nitrogens with two attached hydrogens (primary N) is 2. The van der Waals surface area contributed by atoms with Crippen LogP contribution in [-0.2, 0) is 6.42 Å². The monoisotopic (exact) mass is 280 g/mol. The molecule has 6 heteroatoms. The Kier molecular flexibility index (Phi) is 3.34. The van der Waals surface area contributed by atoms with Gasteiger partial charge in [-0.3, -0.25) is 5.10 Å². The molecule has 0 aliphatic heterocycles. The largest absolute Gasteiger partial charge is 0.381 e.